The van der Waals surface area contributed by atoms with Gasteiger partial charge in [-0.2, -0.15) is 5.48 Å². The van der Waals surface area contributed by atoms with E-state index in [9.17, 15) is 4.79 Å². The van der Waals surface area contributed by atoms with Gasteiger partial charge in [0.25, 0.3) is 5.91 Å². The fraction of sp³-hybridized carbons (Fsp3) is 0.143. The van der Waals surface area contributed by atoms with Crippen LogP contribution in [0.3, 0.4) is 0 Å². The quantitative estimate of drug-likeness (QED) is 0.565. The number of benzene rings is 1. The largest absolute Gasteiger partial charge is 0.397 e. The zero-order valence-electron chi connectivity index (χ0n) is 11.1. The topological polar surface area (TPSA) is 89.3 Å². The molecule has 1 aromatic carbocycles. The maximum absolute atomic E-state index is 11.7. The van der Waals surface area contributed by atoms with Crippen LogP contribution in [0.25, 0.3) is 0 Å². The number of hydroxylamine groups is 1. The molecule has 4 N–H and O–H groups in total. The molecule has 2 aromatic rings. The van der Waals surface area contributed by atoms with Crippen LogP contribution in [0.15, 0.2) is 42.6 Å². The third kappa shape index (κ3) is 3.61. The van der Waals surface area contributed by atoms with Crippen molar-refractivity contribution in [3.8, 4) is 5.75 Å². The van der Waals surface area contributed by atoms with Gasteiger partial charge in [0.1, 0.15) is 0 Å². The number of hydrogen-bond donors (Lipinski definition) is 3. The van der Waals surface area contributed by atoms with Crippen molar-refractivity contribution in [1.82, 2.24) is 10.5 Å². The molecule has 104 valence electrons. The highest BCUT2D eigenvalue weighted by Crippen LogP contribution is 2.23. The summed E-state index contributed by atoms with van der Waals surface area (Å²) in [6.45, 7) is 0. The van der Waals surface area contributed by atoms with E-state index in [0.717, 1.165) is 5.69 Å². The summed E-state index contributed by atoms with van der Waals surface area (Å²) in [6, 6.07) is 10.5. The monoisotopic (exact) mass is 272 g/mol. The molecule has 0 unspecified atom stereocenters. The molecule has 0 radical (unpaired) electrons. The lowest BCUT2D eigenvalue weighted by molar-refractivity contribution is -0.127. The molecular weight excluding hydrogens is 256 g/mol. The van der Waals surface area contributed by atoms with Crippen LogP contribution >= 0.6 is 0 Å². The summed E-state index contributed by atoms with van der Waals surface area (Å²) >= 11 is 0. The summed E-state index contributed by atoms with van der Waals surface area (Å²) in [7, 11) is 1.78. The maximum atomic E-state index is 11.7. The second-order valence-electron chi connectivity index (χ2n) is 4.12. The highest BCUT2D eigenvalue weighted by molar-refractivity contribution is 5.77. The number of hydrogen-bond acceptors (Lipinski definition) is 5. The number of carbonyl (C=O) groups excluding carboxylic acids is 1. The molecule has 1 heterocycles. The van der Waals surface area contributed by atoms with Gasteiger partial charge in [-0.3, -0.25) is 9.78 Å². The molecule has 2 rings (SSSR count). The Hall–Kier alpha value is -2.76. The molecule has 0 saturated carbocycles. The minimum Gasteiger partial charge on any atom is -0.397 e. The Morgan fingerprint density at radius 2 is 2.20 bits per heavy atom. The third-order valence-electron chi connectivity index (χ3n) is 2.64. The normalized spacial score (nSPS) is 9.85. The molecule has 1 aromatic heterocycles. The van der Waals surface area contributed by atoms with Crippen LogP contribution in [0.1, 0.15) is 5.69 Å². The van der Waals surface area contributed by atoms with Crippen LogP contribution in [0.5, 0.6) is 5.75 Å². The third-order valence-corrected chi connectivity index (χ3v) is 2.64. The number of amides is 1. The SMILES string of the molecule is CNc1ccc(ONC(=O)Cc2ccccn2)cc1N. The highest BCUT2D eigenvalue weighted by atomic mass is 16.7. The van der Waals surface area contributed by atoms with Crippen molar-refractivity contribution in [3.05, 3.63) is 48.3 Å². The van der Waals surface area contributed by atoms with Crippen LogP contribution < -0.4 is 21.4 Å². The maximum Gasteiger partial charge on any atom is 0.258 e. The van der Waals surface area contributed by atoms with E-state index < -0.39 is 0 Å². The molecule has 6 nitrogen and oxygen atoms in total. The summed E-state index contributed by atoms with van der Waals surface area (Å²) < 4.78 is 0. The molecule has 20 heavy (non-hydrogen) atoms. The Bertz CT molecular complexity index is 587. The zero-order chi connectivity index (χ0) is 14.4. The molecule has 0 bridgehead atoms. The van der Waals surface area contributed by atoms with Crippen LogP contribution in [0, 0.1) is 0 Å². The number of nitrogens with one attached hydrogen (secondary N) is 2. The molecule has 0 aliphatic heterocycles. The molecule has 0 aliphatic carbocycles. The summed E-state index contributed by atoms with van der Waals surface area (Å²) in [6.07, 6.45) is 1.80. The van der Waals surface area contributed by atoms with Gasteiger partial charge in [0.2, 0.25) is 0 Å². The number of rotatable bonds is 5. The average molecular weight is 272 g/mol. The van der Waals surface area contributed by atoms with Crippen molar-refractivity contribution in [2.45, 2.75) is 6.42 Å². The smallest absolute Gasteiger partial charge is 0.258 e. The number of anilines is 2. The van der Waals surface area contributed by atoms with Crippen molar-refractivity contribution in [1.29, 1.82) is 0 Å². The second kappa shape index (κ2) is 6.42. The van der Waals surface area contributed by atoms with Gasteiger partial charge in [-0.15, -0.1) is 0 Å². The van der Waals surface area contributed by atoms with Gasteiger partial charge in [-0.05, 0) is 24.3 Å². The number of pyridine rings is 1. The Morgan fingerprint density at radius 3 is 2.85 bits per heavy atom. The van der Waals surface area contributed by atoms with Crippen LogP contribution in [-0.2, 0) is 11.2 Å². The summed E-state index contributed by atoms with van der Waals surface area (Å²) in [5.74, 6) is 0.191. The molecule has 0 aliphatic rings. The van der Waals surface area contributed by atoms with E-state index in [2.05, 4.69) is 15.8 Å². The van der Waals surface area contributed by atoms with Crippen molar-refractivity contribution in [2.24, 2.45) is 0 Å². The van der Waals surface area contributed by atoms with Gasteiger partial charge in [0.05, 0.1) is 17.8 Å². The number of nitrogens with zero attached hydrogens (tertiary/aromatic N) is 1. The van der Waals surface area contributed by atoms with E-state index in [1.54, 1.807) is 43.6 Å². The minimum atomic E-state index is -0.278. The van der Waals surface area contributed by atoms with Gasteiger partial charge < -0.3 is 15.9 Å². The van der Waals surface area contributed by atoms with Gasteiger partial charge in [-0.1, -0.05) is 6.07 Å². The summed E-state index contributed by atoms with van der Waals surface area (Å²) in [5.41, 5.74) is 10.2. The Morgan fingerprint density at radius 1 is 1.35 bits per heavy atom. The zero-order valence-corrected chi connectivity index (χ0v) is 11.1. The molecule has 0 saturated heterocycles. The van der Waals surface area contributed by atoms with Gasteiger partial charge in [0.15, 0.2) is 5.75 Å². The fourth-order valence-corrected chi connectivity index (χ4v) is 1.65. The van der Waals surface area contributed by atoms with E-state index in [1.807, 2.05) is 6.07 Å². The number of carbonyl (C=O) groups is 1. The van der Waals surface area contributed by atoms with E-state index in [-0.39, 0.29) is 12.3 Å². The lowest BCUT2D eigenvalue weighted by Gasteiger charge is -2.09. The van der Waals surface area contributed by atoms with Crippen molar-refractivity contribution in [2.75, 3.05) is 18.1 Å². The second-order valence-corrected chi connectivity index (χ2v) is 4.12. The Labute approximate surface area is 116 Å². The first-order valence-electron chi connectivity index (χ1n) is 6.12. The van der Waals surface area contributed by atoms with E-state index in [4.69, 9.17) is 10.6 Å². The van der Waals surface area contributed by atoms with Crippen LogP contribution in [0.4, 0.5) is 11.4 Å². The highest BCUT2D eigenvalue weighted by Gasteiger charge is 2.06. The predicted octanol–water partition coefficient (Wildman–Crippen LogP) is 1.36. The molecule has 0 fully saturated rings. The molecule has 6 heteroatoms. The predicted molar refractivity (Wildman–Crippen MR) is 77.1 cm³/mol. The van der Waals surface area contributed by atoms with Gasteiger partial charge in [0, 0.05) is 25.0 Å². The van der Waals surface area contributed by atoms with Crippen LogP contribution in [-0.4, -0.2) is 17.9 Å². The van der Waals surface area contributed by atoms with Crippen molar-refractivity contribution < 1.29 is 9.63 Å². The van der Waals surface area contributed by atoms with Gasteiger partial charge in [-0.25, -0.2) is 0 Å². The first kappa shape index (κ1) is 13.7. The summed E-state index contributed by atoms with van der Waals surface area (Å²) in [5, 5.41) is 2.94. The number of nitrogen functional groups attached to an aromatic ring is 1. The summed E-state index contributed by atoms with van der Waals surface area (Å²) in [4.78, 5) is 20.9. The number of aromatic nitrogens is 1. The first-order valence-corrected chi connectivity index (χ1v) is 6.12. The van der Waals surface area contributed by atoms with E-state index >= 15 is 0 Å². The van der Waals surface area contributed by atoms with Crippen LogP contribution in [0.2, 0.25) is 0 Å². The van der Waals surface area contributed by atoms with Crippen molar-refractivity contribution in [3.63, 3.8) is 0 Å². The lowest BCUT2D eigenvalue weighted by atomic mass is 10.2. The Balaban J connectivity index is 1.89. The Kier molecular flexibility index (Phi) is 4.39. The molecule has 0 spiro atoms. The van der Waals surface area contributed by atoms with E-state index in [0.29, 0.717) is 17.1 Å². The van der Waals surface area contributed by atoms with Crippen molar-refractivity contribution >= 4 is 17.3 Å². The number of nitrogens with two attached hydrogens (primary N) is 1. The standard InChI is InChI=1S/C14H16N4O2/c1-16-13-6-5-11(9-12(13)15)20-18-14(19)8-10-4-2-3-7-17-10/h2-7,9,16H,8,15H2,1H3,(H,18,19). The van der Waals surface area contributed by atoms with Gasteiger partial charge >= 0.3 is 0 Å². The molecule has 0 atom stereocenters. The first-order chi connectivity index (χ1) is 9.69. The average Bonchev–Trinajstić information content (AvgIpc) is 2.46. The van der Waals surface area contributed by atoms with E-state index in [1.165, 1.54) is 0 Å². The fourth-order valence-electron chi connectivity index (χ4n) is 1.65. The molecule has 1 amide bonds. The molecular formula is C14H16N4O2. The lowest BCUT2D eigenvalue weighted by Crippen LogP contribution is -2.28. The minimum absolute atomic E-state index is 0.158.